The molecule has 2 aromatic heterocycles. The summed E-state index contributed by atoms with van der Waals surface area (Å²) < 4.78 is 83.9. The third-order valence-corrected chi connectivity index (χ3v) is 3.62. The molecule has 2 N–H and O–H groups in total. The Bertz CT molecular complexity index is 862. The summed E-state index contributed by atoms with van der Waals surface area (Å²) in [5.74, 6) is -24.9. The van der Waals surface area contributed by atoms with Crippen LogP contribution in [-0.2, 0) is 9.59 Å². The summed E-state index contributed by atoms with van der Waals surface area (Å²) in [7, 11) is 0. The van der Waals surface area contributed by atoms with E-state index in [1.807, 2.05) is 0 Å². The van der Waals surface area contributed by atoms with E-state index in [9.17, 15) is 35.9 Å². The van der Waals surface area contributed by atoms with Crippen molar-refractivity contribution in [1.29, 1.82) is 0 Å². The van der Waals surface area contributed by atoms with Crippen LogP contribution in [0, 0.1) is 13.8 Å². The van der Waals surface area contributed by atoms with Gasteiger partial charge in [0.2, 0.25) is 0 Å². The Labute approximate surface area is 160 Å². The van der Waals surface area contributed by atoms with Crippen LogP contribution in [0.4, 0.5) is 38.0 Å². The van der Waals surface area contributed by atoms with E-state index in [1.165, 1.54) is 48.7 Å². The fourth-order valence-corrected chi connectivity index (χ4v) is 2.10. The standard InChI is InChI=1S/C17H14F6N4O2/c1-9-5-3-7-11(24-9)26-13(28)15(18,19)17(22,23)16(20,21)14(29)27-12-8-4-6-10(2)25-12/h3-8H,1-2H3,(H,24,26,28)(H,25,27,29). The predicted molar refractivity (Wildman–Crippen MR) is 90.0 cm³/mol. The maximum Gasteiger partial charge on any atom is 0.393 e. The van der Waals surface area contributed by atoms with Gasteiger partial charge in [-0.25, -0.2) is 9.97 Å². The van der Waals surface area contributed by atoms with Crippen molar-refractivity contribution in [2.24, 2.45) is 0 Å². The van der Waals surface area contributed by atoms with Crippen LogP contribution >= 0.6 is 0 Å². The molecule has 2 aromatic rings. The van der Waals surface area contributed by atoms with Gasteiger partial charge in [0, 0.05) is 11.4 Å². The Morgan fingerprint density at radius 3 is 1.38 bits per heavy atom. The van der Waals surface area contributed by atoms with E-state index in [-0.39, 0.29) is 11.4 Å². The molecule has 156 valence electrons. The van der Waals surface area contributed by atoms with E-state index in [2.05, 4.69) is 9.97 Å². The van der Waals surface area contributed by atoms with Crippen molar-refractivity contribution in [3.63, 3.8) is 0 Å². The number of rotatable bonds is 6. The SMILES string of the molecule is Cc1cccc(NC(=O)C(F)(F)C(F)(F)C(F)(F)C(=O)Nc2cccc(C)n2)n1. The number of halogens is 6. The molecule has 2 heterocycles. The maximum absolute atomic E-state index is 14.0. The first-order valence-corrected chi connectivity index (χ1v) is 7.92. The first-order chi connectivity index (χ1) is 13.3. The van der Waals surface area contributed by atoms with Gasteiger partial charge in [-0.2, -0.15) is 26.3 Å². The minimum Gasteiger partial charge on any atom is -0.305 e. The second-order valence-corrected chi connectivity index (χ2v) is 5.96. The summed E-state index contributed by atoms with van der Waals surface area (Å²) in [5.41, 5.74) is 0.487. The third kappa shape index (κ3) is 4.30. The second kappa shape index (κ2) is 7.68. The van der Waals surface area contributed by atoms with Crippen LogP contribution in [0.25, 0.3) is 0 Å². The van der Waals surface area contributed by atoms with Crippen molar-refractivity contribution in [2.45, 2.75) is 31.6 Å². The average Bonchev–Trinajstić information content (AvgIpc) is 2.61. The van der Waals surface area contributed by atoms with E-state index in [0.717, 1.165) is 12.1 Å². The molecule has 0 saturated heterocycles. The number of alkyl halides is 6. The van der Waals surface area contributed by atoms with E-state index >= 15 is 0 Å². The lowest BCUT2D eigenvalue weighted by Crippen LogP contribution is -2.63. The molecule has 29 heavy (non-hydrogen) atoms. The molecule has 0 spiro atoms. The highest BCUT2D eigenvalue weighted by Gasteiger charge is 2.78. The minimum absolute atomic E-state index is 0.244. The second-order valence-electron chi connectivity index (χ2n) is 5.96. The lowest BCUT2D eigenvalue weighted by atomic mass is 10.0. The van der Waals surface area contributed by atoms with Crippen molar-refractivity contribution in [2.75, 3.05) is 10.6 Å². The Balaban J connectivity index is 2.26. The van der Waals surface area contributed by atoms with Crippen LogP contribution in [0.5, 0.6) is 0 Å². The van der Waals surface area contributed by atoms with Gasteiger partial charge in [-0.3, -0.25) is 9.59 Å². The molecular formula is C17H14F6N4O2. The maximum atomic E-state index is 14.0. The van der Waals surface area contributed by atoms with Crippen molar-refractivity contribution in [3.05, 3.63) is 47.8 Å². The number of hydrogen-bond acceptors (Lipinski definition) is 4. The number of hydrogen-bond donors (Lipinski definition) is 2. The molecule has 0 aliphatic rings. The number of anilines is 2. The van der Waals surface area contributed by atoms with Crippen LogP contribution in [0.1, 0.15) is 11.4 Å². The number of amides is 2. The van der Waals surface area contributed by atoms with Crippen LogP contribution in [-0.4, -0.2) is 39.5 Å². The molecule has 12 heteroatoms. The largest absolute Gasteiger partial charge is 0.393 e. The zero-order valence-electron chi connectivity index (χ0n) is 14.9. The molecule has 0 aliphatic heterocycles. The smallest absolute Gasteiger partial charge is 0.305 e. The summed E-state index contributed by atoms with van der Waals surface area (Å²) in [6.07, 6.45) is 0. The van der Waals surface area contributed by atoms with Crippen molar-refractivity contribution in [1.82, 2.24) is 9.97 Å². The van der Waals surface area contributed by atoms with E-state index in [0.29, 0.717) is 0 Å². The zero-order valence-corrected chi connectivity index (χ0v) is 14.9. The zero-order chi connectivity index (χ0) is 22.0. The summed E-state index contributed by atoms with van der Waals surface area (Å²) in [4.78, 5) is 30.4. The Kier molecular flexibility index (Phi) is 5.86. The molecule has 0 saturated carbocycles. The monoisotopic (exact) mass is 420 g/mol. The first kappa shape index (κ1) is 22.1. The van der Waals surface area contributed by atoms with Gasteiger partial charge in [-0.1, -0.05) is 12.1 Å². The average molecular weight is 420 g/mol. The molecule has 0 atom stereocenters. The Hall–Kier alpha value is -3.18. The number of aryl methyl sites for hydroxylation is 2. The molecule has 2 rings (SSSR count). The lowest BCUT2D eigenvalue weighted by Gasteiger charge is -2.30. The van der Waals surface area contributed by atoms with Gasteiger partial charge < -0.3 is 10.6 Å². The molecule has 0 fully saturated rings. The number of nitrogens with zero attached hydrogens (tertiary/aromatic N) is 2. The van der Waals surface area contributed by atoms with Gasteiger partial charge in [0.1, 0.15) is 11.6 Å². The van der Waals surface area contributed by atoms with Gasteiger partial charge >= 0.3 is 29.6 Å². The normalized spacial score (nSPS) is 12.4. The molecule has 0 unspecified atom stereocenters. The van der Waals surface area contributed by atoms with E-state index in [4.69, 9.17) is 0 Å². The molecule has 0 radical (unpaired) electrons. The van der Waals surface area contributed by atoms with Gasteiger partial charge in [0.05, 0.1) is 0 Å². The topological polar surface area (TPSA) is 84.0 Å². The van der Waals surface area contributed by atoms with Crippen molar-refractivity contribution < 1.29 is 35.9 Å². The predicted octanol–water partition coefficient (Wildman–Crippen LogP) is 3.58. The molecule has 0 aromatic carbocycles. The summed E-state index contributed by atoms with van der Waals surface area (Å²) in [6, 6.07) is 7.36. The van der Waals surface area contributed by atoms with Crippen molar-refractivity contribution in [3.8, 4) is 0 Å². The molecule has 2 amide bonds. The third-order valence-electron chi connectivity index (χ3n) is 3.62. The van der Waals surface area contributed by atoms with Crippen LogP contribution in [0.15, 0.2) is 36.4 Å². The lowest BCUT2D eigenvalue weighted by molar-refractivity contribution is -0.283. The number of nitrogens with one attached hydrogen (secondary N) is 2. The quantitative estimate of drug-likeness (QED) is 0.700. The first-order valence-electron chi connectivity index (χ1n) is 7.92. The highest BCUT2D eigenvalue weighted by atomic mass is 19.3. The number of carbonyl (C=O) groups is 2. The van der Waals surface area contributed by atoms with Gasteiger partial charge in [-0.15, -0.1) is 0 Å². The summed E-state index contributed by atoms with van der Waals surface area (Å²) >= 11 is 0. The Morgan fingerprint density at radius 2 is 1.07 bits per heavy atom. The molecule has 6 nitrogen and oxygen atoms in total. The van der Waals surface area contributed by atoms with Crippen molar-refractivity contribution >= 4 is 23.5 Å². The van der Waals surface area contributed by atoms with E-state index < -0.39 is 41.2 Å². The number of carbonyl (C=O) groups excluding carboxylic acids is 2. The fraction of sp³-hybridized carbons (Fsp3) is 0.294. The molecular weight excluding hydrogens is 406 g/mol. The van der Waals surface area contributed by atoms with Crippen LogP contribution in [0.2, 0.25) is 0 Å². The van der Waals surface area contributed by atoms with E-state index in [1.54, 1.807) is 0 Å². The molecule has 0 bridgehead atoms. The minimum atomic E-state index is -6.36. The fourth-order valence-electron chi connectivity index (χ4n) is 2.10. The highest BCUT2D eigenvalue weighted by molar-refractivity contribution is 6.00. The van der Waals surface area contributed by atoms with Crippen LogP contribution < -0.4 is 10.6 Å². The Morgan fingerprint density at radius 1 is 0.724 bits per heavy atom. The molecule has 0 aliphatic carbocycles. The van der Waals surface area contributed by atoms with Crippen LogP contribution in [0.3, 0.4) is 0 Å². The van der Waals surface area contributed by atoms with Gasteiger partial charge in [0.25, 0.3) is 0 Å². The summed E-state index contributed by atoms with van der Waals surface area (Å²) in [6.45, 7) is 2.83. The number of pyridine rings is 2. The van der Waals surface area contributed by atoms with Gasteiger partial charge in [0.15, 0.2) is 0 Å². The van der Waals surface area contributed by atoms with Gasteiger partial charge in [-0.05, 0) is 38.1 Å². The summed E-state index contributed by atoms with van der Waals surface area (Å²) in [5, 5.41) is 2.68. The number of aromatic nitrogens is 2. The highest BCUT2D eigenvalue weighted by Crippen LogP contribution is 2.46.